The number of rotatable bonds is 3. The van der Waals surface area contributed by atoms with E-state index in [0.717, 1.165) is 39.4 Å². The summed E-state index contributed by atoms with van der Waals surface area (Å²) in [5.41, 5.74) is 4.52. The van der Waals surface area contributed by atoms with Crippen molar-refractivity contribution in [1.82, 2.24) is 9.55 Å². The lowest BCUT2D eigenvalue weighted by Gasteiger charge is -2.18. The number of methoxy groups -OCH3 is 1. The molecule has 0 radical (unpaired) electrons. The average molecular weight is 349 g/mol. The fraction of sp³-hybridized carbons (Fsp3) is 0.333. The molecule has 0 spiro atoms. The highest BCUT2D eigenvalue weighted by Crippen LogP contribution is 2.43. The number of aromatic nitrogens is 2. The smallest absolute Gasteiger partial charge is 0.237 e. The van der Waals surface area contributed by atoms with Gasteiger partial charge in [-0.05, 0) is 62.7 Å². The van der Waals surface area contributed by atoms with Crippen LogP contribution < -0.4 is 9.64 Å². The van der Waals surface area contributed by atoms with Gasteiger partial charge in [0.25, 0.3) is 0 Å². The van der Waals surface area contributed by atoms with Crippen molar-refractivity contribution in [2.24, 2.45) is 7.05 Å². The Kier molecular flexibility index (Phi) is 3.58. The first-order valence-electron chi connectivity index (χ1n) is 8.85. The van der Waals surface area contributed by atoms with Crippen LogP contribution in [0, 0.1) is 0 Å². The van der Waals surface area contributed by atoms with Crippen LogP contribution in [0.5, 0.6) is 5.75 Å². The Morgan fingerprint density at radius 1 is 1.15 bits per heavy atom. The summed E-state index contributed by atoms with van der Waals surface area (Å²) in [6.07, 6.45) is 0. The summed E-state index contributed by atoms with van der Waals surface area (Å²) in [6, 6.07) is 12.1. The van der Waals surface area contributed by atoms with Crippen molar-refractivity contribution in [3.8, 4) is 17.1 Å². The molecule has 0 aliphatic carbocycles. The number of imidazole rings is 1. The van der Waals surface area contributed by atoms with E-state index in [0.29, 0.717) is 6.54 Å². The zero-order valence-electron chi connectivity index (χ0n) is 15.8. The number of amides is 1. The molecule has 0 saturated carbocycles. The molecule has 5 nitrogen and oxygen atoms in total. The molecule has 5 heteroatoms. The van der Waals surface area contributed by atoms with Crippen molar-refractivity contribution in [2.75, 3.05) is 18.6 Å². The number of hydrogen-bond donors (Lipinski definition) is 0. The molecule has 3 aromatic rings. The largest absolute Gasteiger partial charge is 0.497 e. The molecule has 134 valence electrons. The Morgan fingerprint density at radius 2 is 1.85 bits per heavy atom. The van der Waals surface area contributed by atoms with Gasteiger partial charge in [0.2, 0.25) is 5.91 Å². The first-order chi connectivity index (χ1) is 12.4. The van der Waals surface area contributed by atoms with Crippen molar-refractivity contribution in [1.29, 1.82) is 0 Å². The van der Waals surface area contributed by atoms with E-state index >= 15 is 0 Å². The Hall–Kier alpha value is -2.82. The van der Waals surface area contributed by atoms with E-state index in [1.807, 2.05) is 63.1 Å². The SMILES string of the molecule is CCN1C(=O)C(C)(C)c2cc3c(cc21)nc(-c1ccc(OC)cc1)n3C. The zero-order valence-corrected chi connectivity index (χ0v) is 15.8. The average Bonchev–Trinajstić information content (AvgIpc) is 3.06. The highest BCUT2D eigenvalue weighted by atomic mass is 16.5. The number of anilines is 1. The van der Waals surface area contributed by atoms with Gasteiger partial charge < -0.3 is 14.2 Å². The number of fused-ring (bicyclic) bond motifs is 2. The lowest BCUT2D eigenvalue weighted by atomic mass is 9.86. The normalized spacial score (nSPS) is 15.6. The topological polar surface area (TPSA) is 47.4 Å². The number of carbonyl (C=O) groups excluding carboxylic acids is 1. The maximum atomic E-state index is 12.7. The molecule has 1 aliphatic rings. The fourth-order valence-electron chi connectivity index (χ4n) is 3.83. The Balaban J connectivity index is 1.91. The third kappa shape index (κ3) is 2.16. The van der Waals surface area contributed by atoms with E-state index < -0.39 is 5.41 Å². The predicted molar refractivity (Wildman–Crippen MR) is 104 cm³/mol. The van der Waals surface area contributed by atoms with Gasteiger partial charge in [-0.15, -0.1) is 0 Å². The van der Waals surface area contributed by atoms with Gasteiger partial charge in [-0.2, -0.15) is 0 Å². The third-order valence-electron chi connectivity index (χ3n) is 5.41. The molecule has 0 atom stereocenters. The van der Waals surface area contributed by atoms with Crippen LogP contribution in [0.4, 0.5) is 5.69 Å². The summed E-state index contributed by atoms with van der Waals surface area (Å²) in [4.78, 5) is 19.4. The minimum Gasteiger partial charge on any atom is -0.497 e. The predicted octanol–water partition coefficient (Wildman–Crippen LogP) is 3.89. The summed E-state index contributed by atoms with van der Waals surface area (Å²) in [5.74, 6) is 1.88. The molecule has 0 N–H and O–H groups in total. The van der Waals surface area contributed by atoms with Crippen LogP contribution in [-0.2, 0) is 17.3 Å². The molecule has 0 bridgehead atoms. The molecule has 2 heterocycles. The fourth-order valence-corrected chi connectivity index (χ4v) is 3.83. The van der Waals surface area contributed by atoms with Crippen LogP contribution in [-0.4, -0.2) is 29.1 Å². The van der Waals surface area contributed by atoms with Gasteiger partial charge in [0.15, 0.2) is 0 Å². The van der Waals surface area contributed by atoms with Crippen molar-refractivity contribution in [3.63, 3.8) is 0 Å². The third-order valence-corrected chi connectivity index (χ3v) is 5.41. The highest BCUT2D eigenvalue weighted by molar-refractivity contribution is 6.09. The van der Waals surface area contributed by atoms with Crippen molar-refractivity contribution in [3.05, 3.63) is 42.0 Å². The van der Waals surface area contributed by atoms with Crippen LogP contribution in [0.15, 0.2) is 36.4 Å². The number of hydrogen-bond acceptors (Lipinski definition) is 3. The summed E-state index contributed by atoms with van der Waals surface area (Å²) < 4.78 is 7.33. The Labute approximate surface area is 153 Å². The molecule has 2 aromatic carbocycles. The van der Waals surface area contributed by atoms with Gasteiger partial charge in [0.05, 0.1) is 29.2 Å². The van der Waals surface area contributed by atoms with Crippen molar-refractivity contribution in [2.45, 2.75) is 26.2 Å². The molecule has 0 saturated heterocycles. The minimum absolute atomic E-state index is 0.153. The van der Waals surface area contributed by atoms with E-state index in [1.165, 1.54) is 0 Å². The number of aryl methyl sites for hydroxylation is 1. The second-order valence-corrected chi connectivity index (χ2v) is 7.26. The van der Waals surface area contributed by atoms with Crippen LogP contribution in [0.25, 0.3) is 22.4 Å². The van der Waals surface area contributed by atoms with Gasteiger partial charge >= 0.3 is 0 Å². The molecular formula is C21H23N3O2. The van der Waals surface area contributed by atoms with Crippen molar-refractivity contribution < 1.29 is 9.53 Å². The molecule has 4 rings (SSSR count). The van der Waals surface area contributed by atoms with E-state index in [9.17, 15) is 4.79 Å². The lowest BCUT2D eigenvalue weighted by Crippen LogP contribution is -2.35. The van der Waals surface area contributed by atoms with Crippen LogP contribution in [0.2, 0.25) is 0 Å². The van der Waals surface area contributed by atoms with E-state index in [4.69, 9.17) is 9.72 Å². The quantitative estimate of drug-likeness (QED) is 0.721. The minimum atomic E-state index is -0.510. The van der Waals surface area contributed by atoms with Crippen LogP contribution in [0.3, 0.4) is 0 Å². The number of likely N-dealkylation sites (N-methyl/N-ethyl adjacent to an activating group) is 1. The van der Waals surface area contributed by atoms with Crippen molar-refractivity contribution >= 4 is 22.6 Å². The molecule has 1 aromatic heterocycles. The van der Waals surface area contributed by atoms with Gasteiger partial charge in [0, 0.05) is 19.2 Å². The number of benzene rings is 2. The Morgan fingerprint density at radius 3 is 2.46 bits per heavy atom. The van der Waals surface area contributed by atoms with Crippen LogP contribution >= 0.6 is 0 Å². The maximum Gasteiger partial charge on any atom is 0.237 e. The van der Waals surface area contributed by atoms with Gasteiger partial charge in [0.1, 0.15) is 11.6 Å². The van der Waals surface area contributed by atoms with Crippen LogP contribution in [0.1, 0.15) is 26.3 Å². The van der Waals surface area contributed by atoms with Gasteiger partial charge in [-0.25, -0.2) is 4.98 Å². The monoisotopic (exact) mass is 349 g/mol. The molecule has 0 unspecified atom stereocenters. The summed E-state index contributed by atoms with van der Waals surface area (Å²) in [6.45, 7) is 6.67. The van der Waals surface area contributed by atoms with Gasteiger partial charge in [-0.3, -0.25) is 4.79 Å². The summed E-state index contributed by atoms with van der Waals surface area (Å²) >= 11 is 0. The van der Waals surface area contributed by atoms with E-state index in [2.05, 4.69) is 10.6 Å². The number of ether oxygens (including phenoxy) is 1. The zero-order chi connectivity index (χ0) is 18.6. The Bertz CT molecular complexity index is 1020. The molecular weight excluding hydrogens is 326 g/mol. The summed E-state index contributed by atoms with van der Waals surface area (Å²) in [5, 5.41) is 0. The first kappa shape index (κ1) is 16.6. The second kappa shape index (κ2) is 5.59. The lowest BCUT2D eigenvalue weighted by molar-refractivity contribution is -0.122. The number of carbonyl (C=O) groups is 1. The number of nitrogens with zero attached hydrogens (tertiary/aromatic N) is 3. The molecule has 1 aliphatic heterocycles. The molecule has 1 amide bonds. The first-order valence-corrected chi connectivity index (χ1v) is 8.85. The highest BCUT2D eigenvalue weighted by Gasteiger charge is 2.43. The standard InChI is InChI=1S/C21H23N3O2/c1-6-24-17-12-16-18(11-15(17)21(2,3)20(24)25)23(4)19(22-16)13-7-9-14(26-5)10-8-13/h7-12H,6H2,1-5H3. The molecule has 0 fully saturated rings. The molecule has 26 heavy (non-hydrogen) atoms. The summed E-state index contributed by atoms with van der Waals surface area (Å²) in [7, 11) is 3.68. The van der Waals surface area contributed by atoms with Gasteiger partial charge in [-0.1, -0.05) is 0 Å². The second-order valence-electron chi connectivity index (χ2n) is 7.26. The van der Waals surface area contributed by atoms with E-state index in [-0.39, 0.29) is 5.91 Å². The van der Waals surface area contributed by atoms with E-state index in [1.54, 1.807) is 7.11 Å². The maximum absolute atomic E-state index is 12.7.